The Morgan fingerprint density at radius 3 is 2.56 bits per heavy atom. The molecule has 3 heterocycles. The van der Waals surface area contributed by atoms with Gasteiger partial charge in [0.25, 0.3) is 0 Å². The van der Waals surface area contributed by atoms with Gasteiger partial charge in [-0.05, 0) is 87.1 Å². The van der Waals surface area contributed by atoms with Gasteiger partial charge in [0.2, 0.25) is 0 Å². The van der Waals surface area contributed by atoms with Crippen LogP contribution >= 0.6 is 0 Å². The van der Waals surface area contributed by atoms with Crippen molar-refractivity contribution < 1.29 is 14.6 Å². The number of hydrogen-bond donors (Lipinski definition) is 2. The number of imidazole rings is 1. The number of aryl methyl sites for hydroxylation is 1. The number of aromatic nitrogens is 3. The quantitative estimate of drug-likeness (QED) is 0.383. The molecular formula is C29H38N4O3. The molecule has 192 valence electrons. The van der Waals surface area contributed by atoms with Gasteiger partial charge in [0.1, 0.15) is 11.6 Å². The van der Waals surface area contributed by atoms with Crippen molar-refractivity contribution in [1.82, 2.24) is 15.0 Å². The zero-order chi connectivity index (χ0) is 24.9. The Hall–Kier alpha value is -2.93. The van der Waals surface area contributed by atoms with Crippen LogP contribution in [0.4, 0.5) is 5.82 Å². The monoisotopic (exact) mass is 490 g/mol. The molecular weight excluding hydrogens is 452 g/mol. The number of anilines is 1. The summed E-state index contributed by atoms with van der Waals surface area (Å²) in [5.41, 5.74) is 4.43. The fourth-order valence-corrected chi connectivity index (χ4v) is 5.66. The largest absolute Gasteiger partial charge is 0.481 e. The highest BCUT2D eigenvalue weighted by molar-refractivity contribution is 5.80. The fourth-order valence-electron chi connectivity index (χ4n) is 5.66. The summed E-state index contributed by atoms with van der Waals surface area (Å²) in [5, 5.41) is 9.00. The van der Waals surface area contributed by atoms with Gasteiger partial charge in [-0.25, -0.2) is 9.97 Å². The van der Waals surface area contributed by atoms with Gasteiger partial charge in [0.05, 0.1) is 23.2 Å². The normalized spacial score (nSPS) is 21.2. The third-order valence-corrected chi connectivity index (χ3v) is 7.79. The van der Waals surface area contributed by atoms with Crippen LogP contribution in [0.25, 0.3) is 22.4 Å². The van der Waals surface area contributed by atoms with E-state index in [1.54, 1.807) is 0 Å². The van der Waals surface area contributed by atoms with Crippen LogP contribution in [0.1, 0.15) is 70.3 Å². The number of carbonyl (C=O) groups is 1. The van der Waals surface area contributed by atoms with Crippen LogP contribution in [0.5, 0.6) is 0 Å². The molecule has 1 aliphatic carbocycles. The summed E-state index contributed by atoms with van der Waals surface area (Å²) < 4.78 is 6.40. The van der Waals surface area contributed by atoms with Gasteiger partial charge < -0.3 is 19.7 Å². The predicted octanol–water partition coefficient (Wildman–Crippen LogP) is 5.99. The number of H-pyrrole nitrogens is 1. The van der Waals surface area contributed by atoms with Gasteiger partial charge in [-0.15, -0.1) is 0 Å². The van der Waals surface area contributed by atoms with Crippen LogP contribution in [0.2, 0.25) is 0 Å². The van der Waals surface area contributed by atoms with Gasteiger partial charge in [0.15, 0.2) is 0 Å². The molecule has 0 spiro atoms. The lowest BCUT2D eigenvalue weighted by atomic mass is 9.85. The minimum Gasteiger partial charge on any atom is -0.481 e. The molecule has 0 radical (unpaired) electrons. The summed E-state index contributed by atoms with van der Waals surface area (Å²) in [6, 6.07) is 10.7. The molecule has 1 aliphatic heterocycles. The smallest absolute Gasteiger partial charge is 0.303 e. The number of rotatable bonds is 9. The lowest BCUT2D eigenvalue weighted by Crippen LogP contribution is -2.39. The Morgan fingerprint density at radius 1 is 1.08 bits per heavy atom. The maximum Gasteiger partial charge on any atom is 0.303 e. The zero-order valence-corrected chi connectivity index (χ0v) is 21.3. The number of ether oxygens (including phenoxy) is 1. The zero-order valence-electron chi connectivity index (χ0n) is 21.3. The van der Waals surface area contributed by atoms with Crippen LogP contribution in [0, 0.1) is 5.92 Å². The third-order valence-electron chi connectivity index (χ3n) is 7.79. The van der Waals surface area contributed by atoms with E-state index < -0.39 is 5.97 Å². The Balaban J connectivity index is 1.12. The van der Waals surface area contributed by atoms with E-state index in [4.69, 9.17) is 19.8 Å². The molecule has 36 heavy (non-hydrogen) atoms. The molecule has 2 aromatic heterocycles. The number of fused-ring (bicyclic) bond motifs is 1. The van der Waals surface area contributed by atoms with Gasteiger partial charge in [-0.3, -0.25) is 4.79 Å². The van der Waals surface area contributed by atoms with Crippen molar-refractivity contribution in [2.24, 2.45) is 5.92 Å². The highest BCUT2D eigenvalue weighted by Gasteiger charge is 2.28. The van der Waals surface area contributed by atoms with Crippen molar-refractivity contribution >= 4 is 22.8 Å². The van der Waals surface area contributed by atoms with E-state index in [1.165, 1.54) is 18.4 Å². The number of piperidine rings is 1. The SMILES string of the molecule is CCCCc1ccc2nc(-c3ccc(N4CCC(O[C@H]5CC[C@@H](CC(=O)O)CC5)CC4)nc3)[nH]c2c1. The molecule has 5 rings (SSSR count). The van der Waals surface area contributed by atoms with Crippen molar-refractivity contribution in [2.75, 3.05) is 18.0 Å². The van der Waals surface area contributed by atoms with Crippen molar-refractivity contribution in [3.63, 3.8) is 0 Å². The first-order valence-electron chi connectivity index (χ1n) is 13.6. The standard InChI is InChI=1S/C29H38N4O3/c1-2-3-4-20-7-11-25-26(17-20)32-29(31-25)22-8-12-27(30-19-22)33-15-13-24(14-16-33)36-23-9-5-21(6-10-23)18-28(34)35/h7-8,11-12,17,19,21,23-24H,2-6,9-10,13-16,18H2,1H3,(H,31,32)(H,34,35)/t21-,23+. The number of unbranched alkanes of at least 4 members (excludes halogenated alkanes) is 1. The van der Waals surface area contributed by atoms with E-state index in [2.05, 4.69) is 47.1 Å². The first-order chi connectivity index (χ1) is 17.6. The molecule has 1 saturated carbocycles. The first kappa shape index (κ1) is 24.8. The van der Waals surface area contributed by atoms with E-state index in [1.807, 2.05) is 6.20 Å². The second-order valence-corrected chi connectivity index (χ2v) is 10.5. The molecule has 2 fully saturated rings. The van der Waals surface area contributed by atoms with Crippen LogP contribution in [-0.4, -0.2) is 51.3 Å². The second-order valence-electron chi connectivity index (χ2n) is 10.5. The van der Waals surface area contributed by atoms with E-state index in [0.29, 0.717) is 18.4 Å². The number of pyridine rings is 1. The third kappa shape index (κ3) is 6.06. The van der Waals surface area contributed by atoms with Crippen molar-refractivity contribution in [3.8, 4) is 11.4 Å². The number of carboxylic acid groups (broad SMARTS) is 1. The molecule has 0 amide bonds. The lowest BCUT2D eigenvalue weighted by molar-refractivity contribution is -0.138. The molecule has 0 unspecified atom stereocenters. The Kier molecular flexibility index (Phi) is 7.85. The summed E-state index contributed by atoms with van der Waals surface area (Å²) in [6.45, 7) is 4.10. The number of carboxylic acids is 1. The minimum absolute atomic E-state index is 0.288. The average Bonchev–Trinajstić information content (AvgIpc) is 3.32. The first-order valence-corrected chi connectivity index (χ1v) is 13.6. The number of nitrogens with zero attached hydrogens (tertiary/aromatic N) is 3. The molecule has 3 aromatic rings. The van der Waals surface area contributed by atoms with E-state index >= 15 is 0 Å². The summed E-state index contributed by atoms with van der Waals surface area (Å²) >= 11 is 0. The number of aromatic amines is 1. The fraction of sp³-hybridized carbons (Fsp3) is 0.552. The number of hydrogen-bond acceptors (Lipinski definition) is 5. The van der Waals surface area contributed by atoms with Gasteiger partial charge in [-0.2, -0.15) is 0 Å². The number of nitrogens with one attached hydrogen (secondary N) is 1. The van der Waals surface area contributed by atoms with Crippen molar-refractivity contribution in [2.45, 2.75) is 83.3 Å². The average molecular weight is 491 g/mol. The minimum atomic E-state index is -0.678. The summed E-state index contributed by atoms with van der Waals surface area (Å²) in [6.07, 6.45) is 12.2. The Labute approximate surface area is 213 Å². The topological polar surface area (TPSA) is 91.3 Å². The number of benzene rings is 1. The van der Waals surface area contributed by atoms with E-state index in [9.17, 15) is 4.79 Å². The summed E-state index contributed by atoms with van der Waals surface area (Å²) in [4.78, 5) is 26.3. The second kappa shape index (κ2) is 11.4. The Bertz CT molecular complexity index is 1140. The van der Waals surface area contributed by atoms with Crippen LogP contribution in [-0.2, 0) is 16.0 Å². The van der Waals surface area contributed by atoms with Gasteiger partial charge >= 0.3 is 5.97 Å². The van der Waals surface area contributed by atoms with E-state index in [-0.39, 0.29) is 6.10 Å². The highest BCUT2D eigenvalue weighted by Crippen LogP contribution is 2.31. The van der Waals surface area contributed by atoms with Crippen LogP contribution in [0.3, 0.4) is 0 Å². The van der Waals surface area contributed by atoms with Gasteiger partial charge in [-0.1, -0.05) is 19.4 Å². The van der Waals surface area contributed by atoms with E-state index in [0.717, 1.165) is 86.3 Å². The maximum atomic E-state index is 10.9. The molecule has 2 N–H and O–H groups in total. The maximum absolute atomic E-state index is 10.9. The van der Waals surface area contributed by atoms with Gasteiger partial charge in [0, 0.05) is 31.3 Å². The molecule has 7 nitrogen and oxygen atoms in total. The molecule has 0 bridgehead atoms. The number of aliphatic carboxylic acids is 1. The molecule has 2 aliphatic rings. The van der Waals surface area contributed by atoms with Crippen LogP contribution in [0.15, 0.2) is 36.5 Å². The highest BCUT2D eigenvalue weighted by atomic mass is 16.5. The van der Waals surface area contributed by atoms with Crippen molar-refractivity contribution in [3.05, 3.63) is 42.1 Å². The molecule has 0 atom stereocenters. The van der Waals surface area contributed by atoms with Crippen molar-refractivity contribution in [1.29, 1.82) is 0 Å². The summed E-state index contributed by atoms with van der Waals surface area (Å²) in [7, 11) is 0. The molecule has 7 heteroatoms. The molecule has 1 aromatic carbocycles. The lowest BCUT2D eigenvalue weighted by Gasteiger charge is -2.36. The summed E-state index contributed by atoms with van der Waals surface area (Å²) in [5.74, 6) is 1.51. The van der Waals surface area contributed by atoms with Crippen LogP contribution < -0.4 is 4.90 Å². The molecule has 1 saturated heterocycles. The predicted molar refractivity (Wildman–Crippen MR) is 142 cm³/mol. The Morgan fingerprint density at radius 2 is 1.86 bits per heavy atom.